The van der Waals surface area contributed by atoms with E-state index < -0.39 is 6.04 Å². The number of hydrogen-bond acceptors (Lipinski definition) is 3. The van der Waals surface area contributed by atoms with Crippen LogP contribution in [0.2, 0.25) is 0 Å². The zero-order chi connectivity index (χ0) is 17.0. The van der Waals surface area contributed by atoms with Crippen LogP contribution in [-0.4, -0.2) is 30.9 Å². The molecule has 0 aliphatic heterocycles. The molecule has 1 aromatic rings. The van der Waals surface area contributed by atoms with Gasteiger partial charge in [-0.25, -0.2) is 4.39 Å². The largest absolute Gasteiger partial charge is 0.354 e. The molecule has 1 atom stereocenters. The first-order valence-corrected chi connectivity index (χ1v) is 7.90. The van der Waals surface area contributed by atoms with Gasteiger partial charge in [0, 0.05) is 12.0 Å². The van der Waals surface area contributed by atoms with Crippen LogP contribution in [0.5, 0.6) is 0 Å². The lowest BCUT2D eigenvalue weighted by atomic mass is 9.96. The number of nitrogens with two attached hydrogens (primary N) is 1. The number of carbonyl (C=O) groups excluding carboxylic acids is 2. The lowest BCUT2D eigenvalue weighted by Gasteiger charge is -2.18. The zero-order valence-corrected chi connectivity index (χ0v) is 14.8. The normalized spacial score (nSPS) is 16.0. The fourth-order valence-electron chi connectivity index (χ4n) is 2.46. The highest BCUT2D eigenvalue weighted by Gasteiger charge is 2.44. The summed E-state index contributed by atoms with van der Waals surface area (Å²) in [5.74, 6) is -0.853. The molecule has 0 aromatic heterocycles. The second-order valence-corrected chi connectivity index (χ2v) is 6.56. The smallest absolute Gasteiger partial charge is 0.239 e. The molecule has 4 N–H and O–H groups in total. The molecule has 1 aromatic carbocycles. The minimum absolute atomic E-state index is 0. The van der Waals surface area contributed by atoms with Gasteiger partial charge in [0.25, 0.3) is 0 Å². The molecule has 5 nitrogen and oxygen atoms in total. The first kappa shape index (κ1) is 20.4. The van der Waals surface area contributed by atoms with Crippen molar-refractivity contribution in [1.29, 1.82) is 0 Å². The summed E-state index contributed by atoms with van der Waals surface area (Å²) < 4.78 is 13.3. The van der Waals surface area contributed by atoms with Gasteiger partial charge in [-0.3, -0.25) is 9.59 Å². The molecular weight excluding hydrogens is 333 g/mol. The second-order valence-electron chi connectivity index (χ2n) is 6.56. The summed E-state index contributed by atoms with van der Waals surface area (Å²) in [6.07, 6.45) is 1.84. The fraction of sp³-hybridized carbons (Fsp3) is 0.529. The predicted molar refractivity (Wildman–Crippen MR) is 93.4 cm³/mol. The molecule has 1 aliphatic rings. The summed E-state index contributed by atoms with van der Waals surface area (Å²) in [4.78, 5) is 23.6. The van der Waals surface area contributed by atoms with Crippen molar-refractivity contribution < 1.29 is 14.0 Å². The number of nitrogens with one attached hydrogen (secondary N) is 2. The number of amides is 2. The van der Waals surface area contributed by atoms with Crippen LogP contribution in [0.15, 0.2) is 24.3 Å². The van der Waals surface area contributed by atoms with Gasteiger partial charge in [0.2, 0.25) is 11.8 Å². The van der Waals surface area contributed by atoms with Crippen LogP contribution in [0.25, 0.3) is 0 Å². The summed E-state index contributed by atoms with van der Waals surface area (Å²) >= 11 is 0. The average Bonchev–Trinajstić information content (AvgIpc) is 3.31. The predicted octanol–water partition coefficient (Wildman–Crippen LogP) is 1.49. The van der Waals surface area contributed by atoms with E-state index in [1.807, 2.05) is 19.9 Å². The quantitative estimate of drug-likeness (QED) is 0.691. The molecule has 1 aliphatic carbocycles. The molecule has 7 heteroatoms. The van der Waals surface area contributed by atoms with Gasteiger partial charge in [0.15, 0.2) is 0 Å². The Kier molecular flexibility index (Phi) is 7.17. The molecule has 0 saturated heterocycles. The van der Waals surface area contributed by atoms with Gasteiger partial charge < -0.3 is 16.4 Å². The first-order valence-electron chi connectivity index (χ1n) is 7.90. The molecule has 0 radical (unpaired) electrons. The van der Waals surface area contributed by atoms with E-state index in [4.69, 9.17) is 5.73 Å². The van der Waals surface area contributed by atoms with E-state index in [2.05, 4.69) is 10.6 Å². The Morgan fingerprint density at radius 1 is 1.29 bits per heavy atom. The number of benzene rings is 1. The molecule has 134 valence electrons. The van der Waals surface area contributed by atoms with Crippen molar-refractivity contribution >= 4 is 24.2 Å². The van der Waals surface area contributed by atoms with Gasteiger partial charge in [-0.1, -0.05) is 26.0 Å². The van der Waals surface area contributed by atoms with E-state index in [1.165, 1.54) is 12.1 Å². The van der Waals surface area contributed by atoms with Crippen LogP contribution in [0.1, 0.15) is 32.3 Å². The lowest BCUT2D eigenvalue weighted by molar-refractivity contribution is -0.127. The molecule has 0 heterocycles. The van der Waals surface area contributed by atoms with E-state index in [9.17, 15) is 14.0 Å². The number of hydrogen-bond donors (Lipinski definition) is 3. The summed E-state index contributed by atoms with van der Waals surface area (Å²) in [5, 5.41) is 5.34. The molecule has 24 heavy (non-hydrogen) atoms. The summed E-state index contributed by atoms with van der Waals surface area (Å²) in [7, 11) is 0. The minimum atomic E-state index is -0.620. The maximum absolute atomic E-state index is 13.3. The molecule has 1 fully saturated rings. The van der Waals surface area contributed by atoms with Crippen molar-refractivity contribution in [2.24, 2.45) is 11.7 Å². The van der Waals surface area contributed by atoms with E-state index in [0.29, 0.717) is 6.54 Å². The molecular formula is C17H25ClFN3O2. The zero-order valence-electron chi connectivity index (χ0n) is 14.0. The second kappa shape index (κ2) is 8.44. The van der Waals surface area contributed by atoms with E-state index in [1.54, 1.807) is 6.07 Å². The van der Waals surface area contributed by atoms with Crippen molar-refractivity contribution in [3.05, 3.63) is 35.6 Å². The van der Waals surface area contributed by atoms with Gasteiger partial charge in [0.1, 0.15) is 5.82 Å². The average molecular weight is 358 g/mol. The van der Waals surface area contributed by atoms with Crippen molar-refractivity contribution in [3.8, 4) is 0 Å². The Balaban J connectivity index is 0.00000288. The maximum atomic E-state index is 13.3. The fourth-order valence-corrected chi connectivity index (χ4v) is 2.46. The Morgan fingerprint density at radius 3 is 2.50 bits per heavy atom. The van der Waals surface area contributed by atoms with Crippen LogP contribution in [0, 0.1) is 11.7 Å². The highest BCUT2D eigenvalue weighted by Crippen LogP contribution is 2.47. The lowest BCUT2D eigenvalue weighted by Crippen LogP contribution is -2.47. The molecule has 2 rings (SSSR count). The van der Waals surface area contributed by atoms with Gasteiger partial charge in [-0.05, 0) is 36.5 Å². The Bertz CT molecular complexity index is 591. The van der Waals surface area contributed by atoms with Gasteiger partial charge >= 0.3 is 0 Å². The standard InChI is InChI=1S/C17H24FN3O2.ClH/c1-11(2)15(19)16(23)20-9-14(22)21-10-17(6-7-17)12-4-3-5-13(18)8-12;/h3-5,8,11,15H,6-7,9-10,19H2,1-2H3,(H,20,23)(H,21,22);1H/t15-;/m0./s1. The summed E-state index contributed by atoms with van der Waals surface area (Å²) in [6.45, 7) is 4.04. The molecule has 0 bridgehead atoms. The third-order valence-corrected chi connectivity index (χ3v) is 4.36. The number of carbonyl (C=O) groups is 2. The van der Waals surface area contributed by atoms with Gasteiger partial charge in [-0.2, -0.15) is 0 Å². The Morgan fingerprint density at radius 2 is 1.96 bits per heavy atom. The minimum Gasteiger partial charge on any atom is -0.354 e. The van der Waals surface area contributed by atoms with Gasteiger partial charge in [0.05, 0.1) is 12.6 Å². The van der Waals surface area contributed by atoms with Crippen molar-refractivity contribution in [3.63, 3.8) is 0 Å². The highest BCUT2D eigenvalue weighted by molar-refractivity contribution is 5.87. The van der Waals surface area contributed by atoms with E-state index in [-0.39, 0.29) is 47.9 Å². The van der Waals surface area contributed by atoms with Crippen molar-refractivity contribution in [2.45, 2.75) is 38.1 Å². The highest BCUT2D eigenvalue weighted by atomic mass is 35.5. The number of rotatable bonds is 7. The third-order valence-electron chi connectivity index (χ3n) is 4.36. The maximum Gasteiger partial charge on any atom is 0.239 e. The summed E-state index contributed by atoms with van der Waals surface area (Å²) in [6, 6.07) is 5.87. The third kappa shape index (κ3) is 5.18. The van der Waals surface area contributed by atoms with Crippen LogP contribution in [0.3, 0.4) is 0 Å². The SMILES string of the molecule is CC(C)[C@H](N)C(=O)NCC(=O)NCC1(c2cccc(F)c2)CC1.Cl. The number of halogens is 2. The molecule has 0 unspecified atom stereocenters. The monoisotopic (exact) mass is 357 g/mol. The van der Waals surface area contributed by atoms with Crippen LogP contribution in [0.4, 0.5) is 4.39 Å². The van der Waals surface area contributed by atoms with Crippen LogP contribution in [-0.2, 0) is 15.0 Å². The van der Waals surface area contributed by atoms with Crippen LogP contribution < -0.4 is 16.4 Å². The van der Waals surface area contributed by atoms with Gasteiger partial charge in [-0.15, -0.1) is 12.4 Å². The van der Waals surface area contributed by atoms with Crippen LogP contribution >= 0.6 is 12.4 Å². The van der Waals surface area contributed by atoms with E-state index >= 15 is 0 Å². The van der Waals surface area contributed by atoms with E-state index in [0.717, 1.165) is 18.4 Å². The topological polar surface area (TPSA) is 84.2 Å². The molecule has 1 saturated carbocycles. The van der Waals surface area contributed by atoms with Crippen molar-refractivity contribution in [2.75, 3.05) is 13.1 Å². The Hall–Kier alpha value is -1.66. The summed E-state index contributed by atoms with van der Waals surface area (Å²) in [5.41, 5.74) is 6.45. The first-order chi connectivity index (χ1) is 10.8. The Labute approximate surface area is 148 Å². The molecule has 0 spiro atoms. The van der Waals surface area contributed by atoms with Crippen molar-refractivity contribution in [1.82, 2.24) is 10.6 Å². The molecule has 2 amide bonds.